The van der Waals surface area contributed by atoms with Gasteiger partial charge in [-0.3, -0.25) is 9.11 Å². The van der Waals surface area contributed by atoms with Gasteiger partial charge in [-0.05, 0) is 61.6 Å². The molecule has 0 aliphatic heterocycles. The average Bonchev–Trinajstić information content (AvgIpc) is 2.81. The first-order valence-corrected chi connectivity index (χ1v) is 12.5. The first-order chi connectivity index (χ1) is 16.4. The molecule has 9 heteroatoms. The van der Waals surface area contributed by atoms with Crippen LogP contribution in [-0.2, 0) is 23.4 Å². The van der Waals surface area contributed by atoms with Crippen molar-refractivity contribution in [1.82, 2.24) is 5.32 Å². The predicted molar refractivity (Wildman–Crippen MR) is 135 cm³/mol. The number of hydrogen-bond acceptors (Lipinski definition) is 6. The van der Waals surface area contributed by atoms with E-state index in [9.17, 15) is 10.2 Å². The van der Waals surface area contributed by atoms with Gasteiger partial charge in [-0.1, -0.05) is 60.7 Å². The molecule has 3 rings (SSSR count). The van der Waals surface area contributed by atoms with Crippen LogP contribution < -0.4 is 10.1 Å². The molecule has 0 saturated heterocycles. The van der Waals surface area contributed by atoms with Crippen LogP contribution in [0.25, 0.3) is 0 Å². The molecule has 0 fully saturated rings. The van der Waals surface area contributed by atoms with E-state index in [1.165, 1.54) is 0 Å². The Morgan fingerprint density at radius 2 is 1.49 bits per heavy atom. The minimum absolute atomic E-state index is 0.165. The maximum absolute atomic E-state index is 10.6. The zero-order valence-electron chi connectivity index (χ0n) is 19.8. The number of para-hydroxylation sites is 1. The Hall–Kier alpha value is -2.95. The molecule has 1 unspecified atom stereocenters. The smallest absolute Gasteiger partial charge is 0.394 e. The topological polar surface area (TPSA) is 136 Å². The second-order valence-corrected chi connectivity index (χ2v) is 9.60. The van der Waals surface area contributed by atoms with Crippen LogP contribution in [0.5, 0.6) is 11.5 Å². The summed E-state index contributed by atoms with van der Waals surface area (Å²) in [7, 11) is -4.67. The Kier molecular flexibility index (Phi) is 10.7. The molecule has 0 bridgehead atoms. The molecule has 35 heavy (non-hydrogen) atoms. The number of aryl methyl sites for hydroxylation is 1. The summed E-state index contributed by atoms with van der Waals surface area (Å²) in [6, 6.07) is 25.1. The highest BCUT2D eigenvalue weighted by atomic mass is 32.3. The van der Waals surface area contributed by atoms with Gasteiger partial charge in [-0.25, -0.2) is 0 Å². The third-order valence-corrected chi connectivity index (χ3v) is 5.30. The number of aliphatic hydroxyl groups excluding tert-OH is 1. The monoisotopic (exact) mass is 503 g/mol. The van der Waals surface area contributed by atoms with Crippen molar-refractivity contribution in [2.45, 2.75) is 44.9 Å². The highest BCUT2D eigenvalue weighted by Gasteiger charge is 2.19. The summed E-state index contributed by atoms with van der Waals surface area (Å²) in [5, 5.41) is 23.9. The van der Waals surface area contributed by atoms with Crippen molar-refractivity contribution >= 4 is 10.4 Å². The van der Waals surface area contributed by atoms with Gasteiger partial charge in [0.15, 0.2) is 0 Å². The Morgan fingerprint density at radius 1 is 0.914 bits per heavy atom. The standard InChI is InChI=1S/C26H31NO3.H2O4S/c1-26(2,17-16-21-10-6-7-11-24(21)28)27-18-25(29)22-12-14-23(15-13-22)30-19-20-8-4-3-5-9-20;1-5(2,3)4/h3-15,25,27-29H,16-19H2,1-2H3;(H2,1,2,3,4). The van der Waals surface area contributed by atoms with E-state index in [1.807, 2.05) is 72.8 Å². The molecule has 3 aromatic rings. The van der Waals surface area contributed by atoms with E-state index in [-0.39, 0.29) is 5.54 Å². The maximum atomic E-state index is 10.6. The van der Waals surface area contributed by atoms with Crippen molar-refractivity contribution < 1.29 is 32.5 Å². The Labute approximate surface area is 206 Å². The van der Waals surface area contributed by atoms with E-state index in [0.717, 1.165) is 35.3 Å². The fraction of sp³-hybridized carbons (Fsp3) is 0.308. The molecule has 0 aliphatic rings. The molecule has 3 aromatic carbocycles. The Morgan fingerprint density at radius 3 is 2.09 bits per heavy atom. The van der Waals surface area contributed by atoms with Crippen LogP contribution in [0.1, 0.15) is 43.1 Å². The molecule has 8 nitrogen and oxygen atoms in total. The minimum Gasteiger partial charge on any atom is -0.508 e. The lowest BCUT2D eigenvalue weighted by molar-refractivity contribution is 0.159. The molecular weight excluding hydrogens is 470 g/mol. The Balaban J connectivity index is 0.000000784. The van der Waals surface area contributed by atoms with E-state index in [4.69, 9.17) is 22.3 Å². The van der Waals surface area contributed by atoms with Gasteiger partial charge in [0.2, 0.25) is 0 Å². The highest BCUT2D eigenvalue weighted by molar-refractivity contribution is 7.79. The molecular formula is C26H33NO7S. The quantitative estimate of drug-likeness (QED) is 0.258. The molecule has 0 aromatic heterocycles. The molecule has 0 saturated carbocycles. The van der Waals surface area contributed by atoms with E-state index < -0.39 is 16.5 Å². The molecule has 0 radical (unpaired) electrons. The van der Waals surface area contributed by atoms with Crippen molar-refractivity contribution in [3.63, 3.8) is 0 Å². The van der Waals surface area contributed by atoms with Gasteiger partial charge < -0.3 is 20.3 Å². The number of phenols is 1. The first-order valence-electron chi connectivity index (χ1n) is 11.1. The summed E-state index contributed by atoms with van der Waals surface area (Å²) in [4.78, 5) is 0. The molecule has 1 atom stereocenters. The molecule has 0 aliphatic carbocycles. The summed E-state index contributed by atoms with van der Waals surface area (Å²) < 4.78 is 37.4. The second-order valence-electron chi connectivity index (χ2n) is 8.70. The van der Waals surface area contributed by atoms with Gasteiger partial charge >= 0.3 is 10.4 Å². The van der Waals surface area contributed by atoms with Gasteiger partial charge in [0.25, 0.3) is 0 Å². The van der Waals surface area contributed by atoms with Crippen LogP contribution in [0.4, 0.5) is 0 Å². The number of aromatic hydroxyl groups is 1. The number of β-amino-alcohol motifs (C(OH)–C–C–N with tert-alkyl or cyclic N) is 1. The zero-order chi connectivity index (χ0) is 25.9. The van der Waals surface area contributed by atoms with E-state index >= 15 is 0 Å². The van der Waals surface area contributed by atoms with Crippen LogP contribution in [0.3, 0.4) is 0 Å². The number of hydrogen-bond donors (Lipinski definition) is 5. The SMILES string of the molecule is CC(C)(CCc1ccccc1O)NCC(O)c1ccc(OCc2ccccc2)cc1.O=S(=O)(O)O. The summed E-state index contributed by atoms with van der Waals surface area (Å²) >= 11 is 0. The largest absolute Gasteiger partial charge is 0.508 e. The van der Waals surface area contributed by atoms with Crippen LogP contribution in [0, 0.1) is 0 Å². The van der Waals surface area contributed by atoms with Gasteiger partial charge in [0.1, 0.15) is 18.1 Å². The van der Waals surface area contributed by atoms with Gasteiger partial charge in [0.05, 0.1) is 6.10 Å². The number of phenolic OH excluding ortho intramolecular Hbond substituents is 1. The number of nitrogens with one attached hydrogen (secondary N) is 1. The highest BCUT2D eigenvalue weighted by Crippen LogP contribution is 2.22. The van der Waals surface area contributed by atoms with Crippen molar-refractivity contribution in [2.75, 3.05) is 6.54 Å². The lowest BCUT2D eigenvalue weighted by Crippen LogP contribution is -2.42. The first kappa shape index (κ1) is 28.3. The van der Waals surface area contributed by atoms with E-state index in [0.29, 0.717) is 18.9 Å². The van der Waals surface area contributed by atoms with Gasteiger partial charge in [-0.2, -0.15) is 8.42 Å². The zero-order valence-corrected chi connectivity index (χ0v) is 20.6. The average molecular weight is 504 g/mol. The van der Waals surface area contributed by atoms with Crippen molar-refractivity contribution in [3.05, 3.63) is 95.6 Å². The van der Waals surface area contributed by atoms with Crippen molar-refractivity contribution in [1.29, 1.82) is 0 Å². The molecule has 5 N–H and O–H groups in total. The fourth-order valence-electron chi connectivity index (χ4n) is 3.28. The number of rotatable bonds is 10. The van der Waals surface area contributed by atoms with Crippen LogP contribution in [-0.4, -0.2) is 39.8 Å². The van der Waals surface area contributed by atoms with Crippen molar-refractivity contribution in [2.24, 2.45) is 0 Å². The Bertz CT molecular complexity index is 1130. The fourth-order valence-corrected chi connectivity index (χ4v) is 3.28. The summed E-state index contributed by atoms with van der Waals surface area (Å²) in [5.41, 5.74) is 2.75. The predicted octanol–water partition coefficient (Wildman–Crippen LogP) is 4.35. The van der Waals surface area contributed by atoms with Gasteiger partial charge in [-0.15, -0.1) is 0 Å². The number of aliphatic hydroxyl groups is 1. The second kappa shape index (κ2) is 13.2. The summed E-state index contributed by atoms with van der Waals surface area (Å²) in [6.45, 7) is 5.20. The summed E-state index contributed by atoms with van der Waals surface area (Å²) in [5.74, 6) is 1.12. The van der Waals surface area contributed by atoms with Crippen LogP contribution >= 0.6 is 0 Å². The lowest BCUT2D eigenvalue weighted by atomic mass is 9.94. The normalized spacial score (nSPS) is 12.4. The van der Waals surface area contributed by atoms with Crippen LogP contribution in [0.15, 0.2) is 78.9 Å². The number of benzene rings is 3. The summed E-state index contributed by atoms with van der Waals surface area (Å²) in [6.07, 6.45) is 1.03. The van der Waals surface area contributed by atoms with Crippen LogP contribution in [0.2, 0.25) is 0 Å². The third-order valence-electron chi connectivity index (χ3n) is 5.30. The molecule has 190 valence electrons. The minimum atomic E-state index is -4.67. The maximum Gasteiger partial charge on any atom is 0.394 e. The molecule has 0 spiro atoms. The van der Waals surface area contributed by atoms with Crippen molar-refractivity contribution in [3.8, 4) is 11.5 Å². The lowest BCUT2D eigenvalue weighted by Gasteiger charge is -2.28. The third kappa shape index (κ3) is 11.8. The van der Waals surface area contributed by atoms with Gasteiger partial charge in [0, 0.05) is 12.1 Å². The number of ether oxygens (including phenoxy) is 1. The van der Waals surface area contributed by atoms with E-state index in [1.54, 1.807) is 6.07 Å². The van der Waals surface area contributed by atoms with E-state index in [2.05, 4.69) is 19.2 Å². The molecule has 0 heterocycles. The molecule has 0 amide bonds.